The summed E-state index contributed by atoms with van der Waals surface area (Å²) in [5.41, 5.74) is 5.40. The molecule has 8 nitrogen and oxygen atoms in total. The lowest BCUT2D eigenvalue weighted by Gasteiger charge is -2.32. The molecule has 106 valence electrons. The molecular weight excluding hydrogens is 272 g/mol. The zero-order chi connectivity index (χ0) is 14.0. The van der Waals surface area contributed by atoms with Gasteiger partial charge in [-0.3, -0.25) is 4.79 Å². The third-order valence-corrected chi connectivity index (χ3v) is 4.04. The van der Waals surface area contributed by atoms with Crippen LogP contribution in [0.3, 0.4) is 0 Å². The number of furan rings is 1. The molecule has 1 fully saturated rings. The van der Waals surface area contributed by atoms with Gasteiger partial charge in [-0.1, -0.05) is 0 Å². The molecule has 1 aromatic rings. The predicted octanol–water partition coefficient (Wildman–Crippen LogP) is -1.30. The second kappa shape index (κ2) is 5.29. The van der Waals surface area contributed by atoms with Crippen molar-refractivity contribution in [3.63, 3.8) is 0 Å². The van der Waals surface area contributed by atoms with E-state index in [0.29, 0.717) is 5.76 Å². The van der Waals surface area contributed by atoms with Gasteiger partial charge in [0, 0.05) is 26.2 Å². The first-order chi connectivity index (χ1) is 8.91. The van der Waals surface area contributed by atoms with Crippen molar-refractivity contribution in [1.82, 2.24) is 9.21 Å². The van der Waals surface area contributed by atoms with Crippen molar-refractivity contribution in [1.29, 1.82) is 0 Å². The van der Waals surface area contributed by atoms with Gasteiger partial charge < -0.3 is 15.1 Å². The van der Waals surface area contributed by atoms with Crippen molar-refractivity contribution in [3.8, 4) is 0 Å². The van der Waals surface area contributed by atoms with E-state index in [1.165, 1.54) is 4.90 Å². The summed E-state index contributed by atoms with van der Waals surface area (Å²) in [6.07, 6.45) is 0. The summed E-state index contributed by atoms with van der Waals surface area (Å²) in [6.45, 7) is 1.18. The summed E-state index contributed by atoms with van der Waals surface area (Å²) in [5.74, 6) is 0.477. The Kier molecular flexibility index (Phi) is 3.90. The van der Waals surface area contributed by atoms with Gasteiger partial charge in [-0.25, -0.2) is 5.14 Å². The van der Waals surface area contributed by atoms with Crippen molar-refractivity contribution in [2.45, 2.75) is 6.54 Å². The fourth-order valence-electron chi connectivity index (χ4n) is 1.90. The molecule has 0 aliphatic carbocycles. The minimum atomic E-state index is -3.68. The smallest absolute Gasteiger partial charge is 0.289 e. The summed E-state index contributed by atoms with van der Waals surface area (Å²) >= 11 is 0. The molecule has 0 saturated carbocycles. The first-order valence-electron chi connectivity index (χ1n) is 5.77. The van der Waals surface area contributed by atoms with Gasteiger partial charge in [-0.05, 0) is 12.1 Å². The normalized spacial score (nSPS) is 17.7. The average Bonchev–Trinajstić information content (AvgIpc) is 2.86. The maximum absolute atomic E-state index is 12.1. The molecule has 1 saturated heterocycles. The summed E-state index contributed by atoms with van der Waals surface area (Å²) in [5, 5.41) is 5.03. The van der Waals surface area contributed by atoms with E-state index in [9.17, 15) is 13.2 Å². The van der Waals surface area contributed by atoms with Gasteiger partial charge in [-0.2, -0.15) is 12.7 Å². The molecule has 0 unspecified atom stereocenters. The second-order valence-corrected chi connectivity index (χ2v) is 5.75. The number of carbonyl (C=O) groups is 1. The Morgan fingerprint density at radius 2 is 1.89 bits per heavy atom. The number of piperazine rings is 1. The minimum absolute atomic E-state index is 0.190. The Balaban J connectivity index is 1.99. The zero-order valence-corrected chi connectivity index (χ0v) is 11.1. The van der Waals surface area contributed by atoms with Crippen LogP contribution in [0.1, 0.15) is 16.3 Å². The third kappa shape index (κ3) is 3.13. The van der Waals surface area contributed by atoms with E-state index in [4.69, 9.17) is 15.3 Å². The highest BCUT2D eigenvalue weighted by atomic mass is 32.2. The Morgan fingerprint density at radius 3 is 2.37 bits per heavy atom. The number of carbonyl (C=O) groups excluding carboxylic acids is 1. The third-order valence-electron chi connectivity index (χ3n) is 2.96. The van der Waals surface area contributed by atoms with Crippen molar-refractivity contribution in [3.05, 3.63) is 23.7 Å². The molecule has 0 aromatic carbocycles. The SMILES string of the molecule is NCc1ccc(C(=O)N2CCN(S(N)(=O)=O)CC2)o1. The van der Waals surface area contributed by atoms with E-state index in [1.807, 2.05) is 0 Å². The molecule has 1 amide bonds. The zero-order valence-electron chi connectivity index (χ0n) is 10.3. The van der Waals surface area contributed by atoms with Gasteiger partial charge >= 0.3 is 0 Å². The highest BCUT2D eigenvalue weighted by Crippen LogP contribution is 2.13. The molecule has 0 atom stereocenters. The summed E-state index contributed by atoms with van der Waals surface area (Å²) in [7, 11) is -3.68. The van der Waals surface area contributed by atoms with Crippen LogP contribution in [0.25, 0.3) is 0 Å². The van der Waals surface area contributed by atoms with Gasteiger partial charge in [-0.15, -0.1) is 0 Å². The molecule has 1 aliphatic rings. The average molecular weight is 288 g/mol. The molecule has 0 bridgehead atoms. The van der Waals surface area contributed by atoms with Crippen LogP contribution >= 0.6 is 0 Å². The van der Waals surface area contributed by atoms with E-state index >= 15 is 0 Å². The van der Waals surface area contributed by atoms with Gasteiger partial charge in [0.15, 0.2) is 5.76 Å². The van der Waals surface area contributed by atoms with Gasteiger partial charge in [0.1, 0.15) is 5.76 Å². The Morgan fingerprint density at radius 1 is 1.26 bits per heavy atom. The minimum Gasteiger partial charge on any atom is -0.455 e. The molecule has 0 radical (unpaired) electrons. The summed E-state index contributed by atoms with van der Waals surface area (Å²) in [4.78, 5) is 13.6. The van der Waals surface area contributed by atoms with Crippen LogP contribution in [-0.4, -0.2) is 49.7 Å². The second-order valence-electron chi connectivity index (χ2n) is 4.21. The van der Waals surface area contributed by atoms with Crippen LogP contribution in [-0.2, 0) is 16.8 Å². The molecule has 1 aliphatic heterocycles. The van der Waals surface area contributed by atoms with Crippen LogP contribution in [0.15, 0.2) is 16.5 Å². The highest BCUT2D eigenvalue weighted by Gasteiger charge is 2.28. The van der Waals surface area contributed by atoms with E-state index in [-0.39, 0.29) is 44.4 Å². The number of nitrogens with two attached hydrogens (primary N) is 2. The van der Waals surface area contributed by atoms with Crippen molar-refractivity contribution in [2.75, 3.05) is 26.2 Å². The monoisotopic (exact) mass is 288 g/mol. The maximum Gasteiger partial charge on any atom is 0.289 e. The molecular formula is C10H16N4O4S. The van der Waals surface area contributed by atoms with Gasteiger partial charge in [0.05, 0.1) is 6.54 Å². The summed E-state index contributed by atoms with van der Waals surface area (Å²) in [6, 6.07) is 3.21. The first-order valence-corrected chi connectivity index (χ1v) is 7.28. The highest BCUT2D eigenvalue weighted by molar-refractivity contribution is 7.86. The number of hydrogen-bond donors (Lipinski definition) is 2. The first kappa shape index (κ1) is 14.0. The van der Waals surface area contributed by atoms with E-state index in [0.717, 1.165) is 4.31 Å². The quantitative estimate of drug-likeness (QED) is 0.715. The molecule has 0 spiro atoms. The molecule has 19 heavy (non-hydrogen) atoms. The molecule has 1 aromatic heterocycles. The van der Waals surface area contributed by atoms with E-state index in [1.54, 1.807) is 12.1 Å². The fraction of sp³-hybridized carbons (Fsp3) is 0.500. The van der Waals surface area contributed by atoms with Crippen LogP contribution in [0.4, 0.5) is 0 Å². The van der Waals surface area contributed by atoms with Crippen molar-refractivity contribution >= 4 is 16.1 Å². The lowest BCUT2D eigenvalue weighted by Crippen LogP contribution is -2.52. The number of hydrogen-bond acceptors (Lipinski definition) is 5. The lowest BCUT2D eigenvalue weighted by molar-refractivity contribution is 0.0664. The topological polar surface area (TPSA) is 123 Å². The molecule has 9 heteroatoms. The Labute approximate surface area is 111 Å². The van der Waals surface area contributed by atoms with Crippen LogP contribution in [0.5, 0.6) is 0 Å². The maximum atomic E-state index is 12.1. The molecule has 2 heterocycles. The molecule has 4 N–H and O–H groups in total. The standard InChI is InChI=1S/C10H16N4O4S/c11-7-8-1-2-9(18-8)10(15)13-3-5-14(6-4-13)19(12,16)17/h1-2H,3-7,11H2,(H2,12,16,17). The number of rotatable bonds is 3. The fourth-order valence-corrected chi connectivity index (χ4v) is 2.58. The van der Waals surface area contributed by atoms with Crippen LogP contribution in [0, 0.1) is 0 Å². The van der Waals surface area contributed by atoms with Crippen molar-refractivity contribution in [2.24, 2.45) is 10.9 Å². The largest absolute Gasteiger partial charge is 0.455 e. The number of amides is 1. The van der Waals surface area contributed by atoms with Crippen molar-refractivity contribution < 1.29 is 17.6 Å². The van der Waals surface area contributed by atoms with Gasteiger partial charge in [0.2, 0.25) is 0 Å². The van der Waals surface area contributed by atoms with E-state index < -0.39 is 10.2 Å². The predicted molar refractivity (Wildman–Crippen MR) is 67.2 cm³/mol. The van der Waals surface area contributed by atoms with E-state index in [2.05, 4.69) is 0 Å². The molecule has 2 rings (SSSR count). The Hall–Kier alpha value is -1.42. The lowest BCUT2D eigenvalue weighted by atomic mass is 10.3. The van der Waals surface area contributed by atoms with Gasteiger partial charge in [0.25, 0.3) is 16.1 Å². The Bertz CT molecular complexity index is 560. The van der Waals surface area contributed by atoms with Crippen LogP contribution < -0.4 is 10.9 Å². The summed E-state index contributed by atoms with van der Waals surface area (Å²) < 4.78 is 28.7. The number of nitrogens with zero attached hydrogens (tertiary/aromatic N) is 2. The van der Waals surface area contributed by atoms with Crippen LogP contribution in [0.2, 0.25) is 0 Å².